The van der Waals surface area contributed by atoms with Gasteiger partial charge in [0.15, 0.2) is 5.82 Å². The number of benzene rings is 2. The van der Waals surface area contributed by atoms with E-state index >= 15 is 4.39 Å². The molecule has 1 unspecified atom stereocenters. The Morgan fingerprint density at radius 2 is 1.96 bits per heavy atom. The van der Waals surface area contributed by atoms with Crippen molar-refractivity contribution < 1.29 is 28.5 Å². The molecule has 0 aliphatic carbocycles. The number of ether oxygens (including phenoxy) is 3. The summed E-state index contributed by atoms with van der Waals surface area (Å²) in [6.45, 7) is 5.03. The Kier molecular flexibility index (Phi) is 8.65. The monoisotopic (exact) mass is 628 g/mol. The van der Waals surface area contributed by atoms with Crippen molar-refractivity contribution in [1.82, 2.24) is 29.2 Å². The van der Waals surface area contributed by atoms with Crippen LogP contribution in [0.3, 0.4) is 0 Å². The largest absolute Gasteiger partial charge is 0.478 e. The maximum absolute atomic E-state index is 15.4. The van der Waals surface area contributed by atoms with Gasteiger partial charge in [-0.15, -0.1) is 0 Å². The Hall–Kier alpha value is -4.39. The Balaban J connectivity index is 0.999. The molecule has 11 nitrogen and oxygen atoms in total. The van der Waals surface area contributed by atoms with Crippen LogP contribution < -0.4 is 4.74 Å². The Labute approximate surface area is 265 Å². The SMILES string of the molecule is COCCn1ncc2ccc(COc3cccc(C4CCN(Cc5nc6ccc(C(=O)O)c(F)c6n5CC5CCO5)CC4)n3)cc21. The minimum atomic E-state index is -1.29. The topological polar surface area (TPSA) is 117 Å². The van der Waals surface area contributed by atoms with Gasteiger partial charge < -0.3 is 23.9 Å². The number of hydrogen-bond donors (Lipinski definition) is 1. The van der Waals surface area contributed by atoms with Crippen LogP contribution in [0, 0.1) is 5.82 Å². The van der Waals surface area contributed by atoms with Gasteiger partial charge in [0.05, 0.1) is 55.1 Å². The summed E-state index contributed by atoms with van der Waals surface area (Å²) in [6.07, 6.45) is 4.56. The summed E-state index contributed by atoms with van der Waals surface area (Å²) in [5, 5.41) is 15.0. The molecule has 0 amide bonds. The fourth-order valence-corrected chi connectivity index (χ4v) is 6.39. The van der Waals surface area contributed by atoms with Crippen molar-refractivity contribution >= 4 is 27.9 Å². The molecule has 12 heteroatoms. The first-order valence-electron chi connectivity index (χ1n) is 15.7. The number of aromatic nitrogens is 5. The molecule has 0 saturated carbocycles. The third kappa shape index (κ3) is 6.20. The lowest BCUT2D eigenvalue weighted by atomic mass is 9.93. The molecule has 2 fully saturated rings. The van der Waals surface area contributed by atoms with Gasteiger partial charge in [0.1, 0.15) is 17.9 Å². The number of carboxylic acid groups (broad SMARTS) is 1. The molecule has 1 atom stereocenters. The smallest absolute Gasteiger partial charge is 0.338 e. The number of fused-ring (bicyclic) bond motifs is 2. The van der Waals surface area contributed by atoms with Crippen molar-refractivity contribution in [3.05, 3.63) is 83.2 Å². The van der Waals surface area contributed by atoms with Gasteiger partial charge in [0.25, 0.3) is 0 Å². The van der Waals surface area contributed by atoms with E-state index in [4.69, 9.17) is 24.2 Å². The summed E-state index contributed by atoms with van der Waals surface area (Å²) in [6, 6.07) is 15.0. The second-order valence-electron chi connectivity index (χ2n) is 12.0. The molecule has 0 radical (unpaired) electrons. The number of carboxylic acids is 1. The maximum Gasteiger partial charge on any atom is 0.338 e. The highest BCUT2D eigenvalue weighted by Gasteiger charge is 2.28. The van der Waals surface area contributed by atoms with Crippen LogP contribution in [-0.4, -0.2) is 79.8 Å². The fourth-order valence-electron chi connectivity index (χ4n) is 6.39. The van der Waals surface area contributed by atoms with E-state index in [-0.39, 0.29) is 17.2 Å². The molecule has 46 heavy (non-hydrogen) atoms. The molecular formula is C34H37FN6O5. The van der Waals surface area contributed by atoms with E-state index in [0.717, 1.165) is 60.3 Å². The summed E-state index contributed by atoms with van der Waals surface area (Å²) >= 11 is 0. The molecule has 2 aliphatic rings. The molecule has 2 saturated heterocycles. The number of likely N-dealkylation sites (tertiary alicyclic amines) is 1. The first-order valence-corrected chi connectivity index (χ1v) is 15.7. The quantitative estimate of drug-likeness (QED) is 0.204. The minimum absolute atomic E-state index is 0.0253. The molecule has 1 N–H and O–H groups in total. The highest BCUT2D eigenvalue weighted by Crippen LogP contribution is 2.31. The molecule has 5 aromatic rings. The van der Waals surface area contributed by atoms with Crippen molar-refractivity contribution in [2.24, 2.45) is 0 Å². The van der Waals surface area contributed by atoms with E-state index in [2.05, 4.69) is 34.3 Å². The predicted octanol–water partition coefficient (Wildman–Crippen LogP) is 5.01. The standard InChI is InChI=1S/C34H37FN6O5/c1-44-16-14-41-29-17-22(5-6-24(29)18-36-41)21-46-31-4-2-3-27(38-31)23-9-12-39(13-10-23)20-30-37-28-8-7-26(34(42)43)32(35)33(28)40(30)19-25-11-15-45-25/h2-8,17-18,23,25H,9-16,19-21H2,1H3,(H,42,43). The summed E-state index contributed by atoms with van der Waals surface area (Å²) < 4.78 is 36.1. The number of methoxy groups -OCH3 is 1. The number of carbonyl (C=O) groups is 1. The Morgan fingerprint density at radius 3 is 2.72 bits per heavy atom. The average Bonchev–Trinajstić information content (AvgIpc) is 3.61. The minimum Gasteiger partial charge on any atom is -0.478 e. The zero-order valence-electron chi connectivity index (χ0n) is 25.8. The van der Waals surface area contributed by atoms with Gasteiger partial charge in [-0.1, -0.05) is 18.2 Å². The van der Waals surface area contributed by atoms with Crippen molar-refractivity contribution in [2.45, 2.75) is 57.5 Å². The van der Waals surface area contributed by atoms with Gasteiger partial charge in [-0.2, -0.15) is 5.10 Å². The number of rotatable bonds is 12. The average molecular weight is 629 g/mol. The number of imidazole rings is 1. The number of halogens is 1. The van der Waals surface area contributed by atoms with Crippen molar-refractivity contribution in [2.75, 3.05) is 33.4 Å². The highest BCUT2D eigenvalue weighted by atomic mass is 19.1. The second kappa shape index (κ2) is 13.1. The van der Waals surface area contributed by atoms with Gasteiger partial charge in [0.2, 0.25) is 5.88 Å². The number of hydrogen-bond acceptors (Lipinski definition) is 8. The van der Waals surface area contributed by atoms with Crippen LogP contribution in [0.4, 0.5) is 4.39 Å². The van der Waals surface area contributed by atoms with E-state index in [0.29, 0.717) is 56.8 Å². The molecule has 2 aromatic carbocycles. The molecule has 3 aromatic heterocycles. The first-order chi connectivity index (χ1) is 22.5. The van der Waals surface area contributed by atoms with Crippen LogP contribution in [0.5, 0.6) is 5.88 Å². The molecule has 0 spiro atoms. The molecule has 240 valence electrons. The molecule has 0 bridgehead atoms. The van der Waals surface area contributed by atoms with E-state index in [1.807, 2.05) is 27.6 Å². The van der Waals surface area contributed by atoms with Gasteiger partial charge in [-0.25, -0.2) is 19.2 Å². The zero-order valence-corrected chi connectivity index (χ0v) is 25.8. The fraction of sp³-hybridized carbons (Fsp3) is 0.412. The number of nitrogens with zero attached hydrogens (tertiary/aromatic N) is 6. The lowest BCUT2D eigenvalue weighted by molar-refractivity contribution is -0.0592. The van der Waals surface area contributed by atoms with E-state index in [9.17, 15) is 9.90 Å². The summed E-state index contributed by atoms with van der Waals surface area (Å²) in [5.74, 6) is -0.420. The van der Waals surface area contributed by atoms with Crippen LogP contribution >= 0.6 is 0 Å². The predicted molar refractivity (Wildman–Crippen MR) is 168 cm³/mol. The maximum atomic E-state index is 15.4. The van der Waals surface area contributed by atoms with Gasteiger partial charge in [0, 0.05) is 36.8 Å². The normalized spacial score (nSPS) is 17.5. The Morgan fingerprint density at radius 1 is 1.11 bits per heavy atom. The summed E-state index contributed by atoms with van der Waals surface area (Å²) in [7, 11) is 1.69. The van der Waals surface area contributed by atoms with Gasteiger partial charge >= 0.3 is 5.97 Å². The third-order valence-electron chi connectivity index (χ3n) is 9.05. The van der Waals surface area contributed by atoms with Crippen molar-refractivity contribution in [3.8, 4) is 5.88 Å². The van der Waals surface area contributed by atoms with Crippen LogP contribution in [0.25, 0.3) is 21.9 Å². The van der Waals surface area contributed by atoms with Gasteiger partial charge in [-0.05, 0) is 62.2 Å². The first kappa shape index (κ1) is 30.3. The molecule has 2 aliphatic heterocycles. The Bertz CT molecular complexity index is 1860. The van der Waals surface area contributed by atoms with Crippen LogP contribution in [0.2, 0.25) is 0 Å². The number of piperidine rings is 1. The van der Waals surface area contributed by atoms with E-state index in [1.165, 1.54) is 6.07 Å². The number of pyridine rings is 1. The molecule has 7 rings (SSSR count). The van der Waals surface area contributed by atoms with Crippen LogP contribution in [-0.2, 0) is 35.7 Å². The highest BCUT2D eigenvalue weighted by molar-refractivity contribution is 5.93. The summed E-state index contributed by atoms with van der Waals surface area (Å²) in [4.78, 5) is 23.5. The van der Waals surface area contributed by atoms with Crippen molar-refractivity contribution in [1.29, 1.82) is 0 Å². The van der Waals surface area contributed by atoms with Crippen molar-refractivity contribution in [3.63, 3.8) is 0 Å². The molecular weight excluding hydrogens is 591 g/mol. The summed E-state index contributed by atoms with van der Waals surface area (Å²) in [5.41, 5.74) is 3.46. The van der Waals surface area contributed by atoms with Gasteiger partial charge in [-0.3, -0.25) is 9.58 Å². The lowest BCUT2D eigenvalue weighted by Gasteiger charge is -2.32. The van der Waals surface area contributed by atoms with E-state index < -0.39 is 11.8 Å². The van der Waals surface area contributed by atoms with E-state index in [1.54, 1.807) is 13.2 Å². The number of aromatic carboxylic acids is 1. The zero-order chi connectivity index (χ0) is 31.6. The molecule has 5 heterocycles. The van der Waals surface area contributed by atoms with Crippen LogP contribution in [0.15, 0.2) is 54.7 Å². The second-order valence-corrected chi connectivity index (χ2v) is 12.0. The lowest BCUT2D eigenvalue weighted by Crippen LogP contribution is -2.35. The third-order valence-corrected chi connectivity index (χ3v) is 9.05. The van der Waals surface area contributed by atoms with Crippen LogP contribution in [0.1, 0.15) is 52.6 Å².